The zero-order chi connectivity index (χ0) is 86.2. The SMILES string of the molecule is CC.CC(F)(F)F.CC(F)(F)F.CC(F)(F)F.O=C1C(=CC2=Cc3sc4c(c3C23CCCCC3)C2(CCCCC2)c2cc(C=C3C(=O)c5ccccc5C3=O)sc2-4)C(=O)c2ccccc21.[C-]#[N+]C(C#N)=C1/C(=C/c2cc3c(s2)-c2sc4c(c2C32CCCCC2)C2(CCCCC2)C(/C=C2\C(=O)c3ccccc3C2=C(C#N)C#N)=C4)C(=O)c2ccccc21. The summed E-state index contributed by atoms with van der Waals surface area (Å²) in [6.45, 7) is 12.3. The molecular formula is C98H79F9N4O6S4. The van der Waals surface area contributed by atoms with Crippen LogP contribution in [0.15, 0.2) is 166 Å². The van der Waals surface area contributed by atoms with Crippen LogP contribution in [0.5, 0.6) is 0 Å². The summed E-state index contributed by atoms with van der Waals surface area (Å²) in [5.74, 6) is -0.969. The quantitative estimate of drug-likeness (QED) is 0.0545. The lowest BCUT2D eigenvalue weighted by atomic mass is 9.61. The van der Waals surface area contributed by atoms with Gasteiger partial charge in [0.15, 0.2) is 34.7 Å². The molecule has 23 heteroatoms. The summed E-state index contributed by atoms with van der Waals surface area (Å²) in [5, 5.41) is 30.0. The number of allylic oxidation sites excluding steroid dienone is 12. The topological polar surface area (TPSA) is 178 Å². The lowest BCUT2D eigenvalue weighted by Crippen LogP contribution is -2.35. The Balaban J connectivity index is 0.000000160. The number of rotatable bonds is 4. The van der Waals surface area contributed by atoms with Crippen molar-refractivity contribution in [1.29, 1.82) is 15.8 Å². The maximum Gasteiger partial charge on any atom is 0.386 e. The first-order valence-corrected chi connectivity index (χ1v) is 43.9. The Morgan fingerprint density at radius 1 is 0.372 bits per heavy atom. The Morgan fingerprint density at radius 3 is 0.967 bits per heavy atom. The predicted octanol–water partition coefficient (Wildman–Crippen LogP) is 27.5. The van der Waals surface area contributed by atoms with Crippen LogP contribution in [0.3, 0.4) is 0 Å². The van der Waals surface area contributed by atoms with Gasteiger partial charge in [0.1, 0.15) is 17.7 Å². The van der Waals surface area contributed by atoms with Gasteiger partial charge in [-0.15, -0.1) is 45.3 Å². The third-order valence-corrected chi connectivity index (χ3v) is 29.8. The highest BCUT2D eigenvalue weighted by Gasteiger charge is 2.58. The number of halogens is 9. The van der Waals surface area contributed by atoms with Gasteiger partial charge in [-0.2, -0.15) is 50.0 Å². The lowest BCUT2D eigenvalue weighted by molar-refractivity contribution is -0.111. The maximum atomic E-state index is 14.1. The molecule has 8 aromatic rings. The van der Waals surface area contributed by atoms with E-state index in [0.29, 0.717) is 72.4 Å². The number of carbonyl (C=O) groups excluding carboxylic acids is 6. The normalized spacial score (nSPS) is 19.8. The van der Waals surface area contributed by atoms with Gasteiger partial charge < -0.3 is 0 Å². The summed E-state index contributed by atoms with van der Waals surface area (Å²) in [6, 6.07) is 39.6. The Kier molecular flexibility index (Phi) is 23.0. The molecule has 614 valence electrons. The van der Waals surface area contributed by atoms with Gasteiger partial charge in [0.05, 0.1) is 23.8 Å². The van der Waals surface area contributed by atoms with E-state index in [2.05, 4.69) is 41.3 Å². The number of Topliss-reactive ketones (excluding diaryl/α,β-unsaturated/α-hetero) is 6. The molecular weight excluding hydrogens is 1630 g/mol. The van der Waals surface area contributed by atoms with Crippen molar-refractivity contribution in [2.24, 2.45) is 0 Å². The fourth-order valence-corrected chi connectivity index (χ4v) is 26.2. The summed E-state index contributed by atoms with van der Waals surface area (Å²) in [6.07, 6.45) is 22.4. The minimum Gasteiger partial charge on any atom is -0.289 e. The van der Waals surface area contributed by atoms with Crippen molar-refractivity contribution in [3.05, 3.63) is 275 Å². The molecule has 4 saturated carbocycles. The Labute approximate surface area is 710 Å². The third-order valence-electron chi connectivity index (χ3n) is 25.1. The summed E-state index contributed by atoms with van der Waals surface area (Å²) >= 11 is 7.13. The molecule has 0 amide bonds. The summed E-state index contributed by atoms with van der Waals surface area (Å²) in [4.78, 5) is 94.7. The Morgan fingerprint density at radius 2 is 0.645 bits per heavy atom. The van der Waals surface area contributed by atoms with Crippen LogP contribution in [0.25, 0.3) is 59.8 Å². The number of nitriles is 3. The minimum atomic E-state index is -4.00. The molecule has 20 rings (SSSR count). The fraction of sp³-hybridized carbons (Fsp3) is 0.327. The van der Waals surface area contributed by atoms with Crippen molar-refractivity contribution in [1.82, 2.24) is 0 Å². The predicted molar refractivity (Wildman–Crippen MR) is 456 cm³/mol. The van der Waals surface area contributed by atoms with E-state index in [1.807, 2.05) is 128 Å². The highest BCUT2D eigenvalue weighted by molar-refractivity contribution is 7.24. The zero-order valence-corrected chi connectivity index (χ0v) is 70.0. The number of benzene rings is 4. The molecule has 0 bridgehead atoms. The Hall–Kier alpha value is -11.1. The molecule has 4 fully saturated rings. The number of nitrogens with zero attached hydrogens (tertiary/aromatic N) is 4. The van der Waals surface area contributed by atoms with Crippen molar-refractivity contribution in [2.45, 2.75) is 203 Å². The van der Waals surface area contributed by atoms with Gasteiger partial charge in [0.25, 0.3) is 5.70 Å². The first-order chi connectivity index (χ1) is 57.8. The molecule has 0 N–H and O–H groups in total. The highest BCUT2D eigenvalue weighted by atomic mass is 32.1. The summed E-state index contributed by atoms with van der Waals surface area (Å²) in [7, 11) is 0. The van der Waals surface area contributed by atoms with Crippen molar-refractivity contribution in [3.8, 4) is 37.7 Å². The van der Waals surface area contributed by atoms with Crippen LogP contribution in [0.2, 0.25) is 0 Å². The van der Waals surface area contributed by atoms with Gasteiger partial charge in [0, 0.05) is 137 Å². The molecule has 4 aromatic carbocycles. The molecule has 0 aliphatic heterocycles. The van der Waals surface area contributed by atoms with Crippen LogP contribution in [-0.2, 0) is 21.7 Å². The van der Waals surface area contributed by atoms with Crippen LogP contribution in [0, 0.1) is 40.6 Å². The summed E-state index contributed by atoms with van der Waals surface area (Å²) < 4.78 is 93.2. The van der Waals surface area contributed by atoms with E-state index in [1.54, 1.807) is 59.1 Å². The number of hydrogen-bond donors (Lipinski definition) is 0. The monoisotopic (exact) mass is 1710 g/mol. The number of carbonyl (C=O) groups is 6. The van der Waals surface area contributed by atoms with E-state index < -0.39 is 18.5 Å². The molecule has 12 aliphatic rings. The molecule has 0 atom stereocenters. The largest absolute Gasteiger partial charge is 0.386 e. The van der Waals surface area contributed by atoms with Gasteiger partial charge in [-0.1, -0.05) is 188 Å². The van der Waals surface area contributed by atoms with E-state index in [0.717, 1.165) is 117 Å². The molecule has 10 nitrogen and oxygen atoms in total. The molecule has 4 spiro atoms. The number of hydrogen-bond acceptors (Lipinski definition) is 13. The van der Waals surface area contributed by atoms with E-state index in [9.17, 15) is 84.1 Å². The smallest absolute Gasteiger partial charge is 0.289 e. The van der Waals surface area contributed by atoms with Crippen LogP contribution in [-0.4, -0.2) is 53.2 Å². The molecule has 0 saturated heterocycles. The Bertz CT molecular complexity index is 6050. The van der Waals surface area contributed by atoms with E-state index in [1.165, 1.54) is 94.7 Å². The minimum absolute atomic E-state index is 0.0402. The number of ketones is 6. The second kappa shape index (κ2) is 32.7. The third kappa shape index (κ3) is 14.9. The highest BCUT2D eigenvalue weighted by Crippen LogP contribution is 2.70. The number of fused-ring (bicyclic) bond motifs is 20. The van der Waals surface area contributed by atoms with E-state index in [-0.39, 0.29) is 94.0 Å². The van der Waals surface area contributed by atoms with Gasteiger partial charge >= 0.3 is 18.5 Å². The van der Waals surface area contributed by atoms with Crippen LogP contribution in [0.4, 0.5) is 39.5 Å². The standard InChI is InChI=1S/C48H32N4O2S2.C42H32O4S2.3C2H3F3.C2H6/c1-52-37(26-51)40-31-13-5-7-15-33(31)44(54)35(40)22-29-23-36-45(55-29)46-42(48(36)18-10-3-11-19-48)41-38(56-46)21-28(47(41)16-8-2-9-17-47)20-34-39(27(24-49)25-50)30-12-4-6-14-32(30)43(34)53;43-35-25-11-3-4-12-26(25)36(44)29(35)19-23-20-32-33(41(23)15-7-1-8-16-41)34-40(48-32)39-31(42(34)17-9-2-10-18-42)22-24(47-39)21-30-37(45)27-13-5-6-14-28(27)38(30)46;3*1-2(3,4)5;1-2/h4-7,12-15,20-23H,2-3,8-11,16-19H2;3-6,11-14,19-22H,1-2,7-10,15-18H2;3*1H3;1-2H3/b34-20-,35-22-,40-37?;;;;;. The van der Waals surface area contributed by atoms with Crippen LogP contribution < -0.4 is 0 Å². The number of thiophene rings is 4. The maximum absolute atomic E-state index is 14.1. The van der Waals surface area contributed by atoms with Gasteiger partial charge in [-0.25, -0.2) is 10.1 Å². The van der Waals surface area contributed by atoms with Crippen molar-refractivity contribution in [3.63, 3.8) is 0 Å². The van der Waals surface area contributed by atoms with Gasteiger partial charge in [-0.05, 0) is 156 Å². The average Bonchev–Trinajstić information content (AvgIpc) is 1.51. The van der Waals surface area contributed by atoms with E-state index in [4.69, 9.17) is 6.57 Å². The molecule has 121 heavy (non-hydrogen) atoms. The molecule has 4 heterocycles. The average molecular weight is 1710 g/mol. The van der Waals surface area contributed by atoms with Gasteiger partial charge in [-0.3, -0.25) is 28.8 Å². The van der Waals surface area contributed by atoms with Gasteiger partial charge in [0.2, 0.25) is 0 Å². The molecule has 0 radical (unpaired) electrons. The fourth-order valence-electron chi connectivity index (χ4n) is 20.6. The van der Waals surface area contributed by atoms with Crippen LogP contribution >= 0.6 is 45.3 Å². The van der Waals surface area contributed by atoms with Crippen molar-refractivity contribution < 1.29 is 68.3 Å². The van der Waals surface area contributed by atoms with Crippen molar-refractivity contribution in [2.75, 3.05) is 0 Å². The van der Waals surface area contributed by atoms with Crippen molar-refractivity contribution >= 4 is 115 Å². The second-order valence-electron chi connectivity index (χ2n) is 32.3. The molecule has 12 aliphatic carbocycles. The first-order valence-electron chi connectivity index (χ1n) is 40.7. The molecule has 0 unspecified atom stereocenters. The first kappa shape index (κ1) is 84.9. The van der Waals surface area contributed by atoms with Crippen LogP contribution in [0.1, 0.15) is 289 Å². The summed E-state index contributed by atoms with van der Waals surface area (Å²) in [5.41, 5.74) is 16.6. The van der Waals surface area contributed by atoms with E-state index >= 15 is 0 Å². The molecule has 4 aromatic heterocycles. The second-order valence-corrected chi connectivity index (χ2v) is 36.6. The number of alkyl halides is 9. The zero-order valence-electron chi connectivity index (χ0n) is 66.8. The lowest BCUT2D eigenvalue weighted by Gasteiger charge is -2.42.